The van der Waals surface area contributed by atoms with E-state index in [9.17, 15) is 4.79 Å². The van der Waals surface area contributed by atoms with E-state index >= 15 is 0 Å². The summed E-state index contributed by atoms with van der Waals surface area (Å²) < 4.78 is 5.35. The Hall–Kier alpha value is -2.88. The Morgan fingerprint density at radius 2 is 1.80 bits per heavy atom. The zero-order valence-electron chi connectivity index (χ0n) is 13.9. The molecule has 6 heteroatoms. The highest BCUT2D eigenvalue weighted by molar-refractivity contribution is 6.00. The van der Waals surface area contributed by atoms with Gasteiger partial charge < -0.3 is 15.4 Å². The molecule has 0 spiro atoms. The number of nitrogens with zero attached hydrogens (tertiary/aromatic N) is 2. The van der Waals surface area contributed by atoms with E-state index < -0.39 is 0 Å². The first-order valence-corrected chi connectivity index (χ1v) is 8.21. The zero-order valence-corrected chi connectivity index (χ0v) is 13.9. The van der Waals surface area contributed by atoms with E-state index in [1.165, 1.54) is 5.56 Å². The van der Waals surface area contributed by atoms with Crippen LogP contribution in [0.3, 0.4) is 0 Å². The van der Waals surface area contributed by atoms with Crippen molar-refractivity contribution >= 4 is 17.4 Å². The van der Waals surface area contributed by atoms with E-state index in [-0.39, 0.29) is 6.03 Å². The molecule has 1 heterocycles. The highest BCUT2D eigenvalue weighted by atomic mass is 16.5. The van der Waals surface area contributed by atoms with Crippen LogP contribution in [0.4, 0.5) is 16.2 Å². The maximum atomic E-state index is 12.1. The van der Waals surface area contributed by atoms with Crippen molar-refractivity contribution in [1.82, 2.24) is 4.90 Å². The molecule has 0 atom stereocenters. The first-order chi connectivity index (χ1) is 12.2. The molecule has 3 rings (SSSR count). The number of carbonyl (C=O) groups excluding carboxylic acids is 1. The normalized spacial score (nSPS) is 14.5. The maximum Gasteiger partial charge on any atom is 0.323 e. The summed E-state index contributed by atoms with van der Waals surface area (Å²) in [5, 5.41) is 14.5. The van der Waals surface area contributed by atoms with Crippen molar-refractivity contribution < 1.29 is 9.53 Å². The Kier molecular flexibility index (Phi) is 5.62. The highest BCUT2D eigenvalue weighted by Gasteiger charge is 2.11. The van der Waals surface area contributed by atoms with Crippen LogP contribution in [-0.2, 0) is 11.3 Å². The summed E-state index contributed by atoms with van der Waals surface area (Å²) >= 11 is 0. The number of hydrogen-bond donors (Lipinski definition) is 2. The second-order valence-electron chi connectivity index (χ2n) is 5.82. The second kappa shape index (κ2) is 8.29. The molecule has 2 N–H and O–H groups in total. The van der Waals surface area contributed by atoms with Gasteiger partial charge >= 0.3 is 6.03 Å². The third-order valence-corrected chi connectivity index (χ3v) is 4.02. The number of ether oxygens (including phenoxy) is 1. The number of para-hydroxylation sites is 1. The number of rotatable bonds is 4. The maximum absolute atomic E-state index is 12.1. The second-order valence-corrected chi connectivity index (χ2v) is 5.82. The lowest BCUT2D eigenvalue weighted by Crippen LogP contribution is -2.35. The minimum Gasteiger partial charge on any atom is -0.379 e. The summed E-state index contributed by atoms with van der Waals surface area (Å²) in [4.78, 5) is 14.4. The fraction of sp³-hybridized carbons (Fsp3) is 0.263. The monoisotopic (exact) mass is 336 g/mol. The summed E-state index contributed by atoms with van der Waals surface area (Å²) in [6.45, 7) is 4.33. The van der Waals surface area contributed by atoms with E-state index in [1.807, 2.05) is 24.3 Å². The van der Waals surface area contributed by atoms with Crippen molar-refractivity contribution in [2.75, 3.05) is 36.9 Å². The average Bonchev–Trinajstić information content (AvgIpc) is 2.64. The van der Waals surface area contributed by atoms with Crippen LogP contribution >= 0.6 is 0 Å². The van der Waals surface area contributed by atoms with Gasteiger partial charge in [0.2, 0.25) is 0 Å². The van der Waals surface area contributed by atoms with E-state index in [0.29, 0.717) is 16.9 Å². The molecule has 128 valence electrons. The molecule has 2 aromatic rings. The Morgan fingerprint density at radius 1 is 1.08 bits per heavy atom. The van der Waals surface area contributed by atoms with Gasteiger partial charge in [-0.3, -0.25) is 4.90 Å². The fourth-order valence-electron chi connectivity index (χ4n) is 2.69. The lowest BCUT2D eigenvalue weighted by molar-refractivity contribution is 0.0342. The van der Waals surface area contributed by atoms with Crippen LogP contribution in [0.2, 0.25) is 0 Å². The number of amides is 2. The van der Waals surface area contributed by atoms with E-state index in [0.717, 1.165) is 32.8 Å². The number of anilines is 2. The van der Waals surface area contributed by atoms with Gasteiger partial charge in [-0.05, 0) is 29.8 Å². The molecular weight excluding hydrogens is 316 g/mol. The van der Waals surface area contributed by atoms with Crippen LogP contribution in [0, 0.1) is 11.3 Å². The lowest BCUT2D eigenvalue weighted by Gasteiger charge is -2.26. The summed E-state index contributed by atoms with van der Waals surface area (Å²) in [7, 11) is 0. The van der Waals surface area contributed by atoms with Crippen LogP contribution in [0.25, 0.3) is 0 Å². The molecule has 0 aromatic heterocycles. The molecule has 1 fully saturated rings. The molecule has 1 aliphatic rings. The number of carbonyl (C=O) groups is 1. The SMILES string of the molecule is N#Cc1ccccc1NC(=O)Nc1ccc(CN2CCOCC2)cc1. The van der Waals surface area contributed by atoms with Gasteiger partial charge in [-0.25, -0.2) is 4.79 Å². The molecule has 0 radical (unpaired) electrons. The Morgan fingerprint density at radius 3 is 2.52 bits per heavy atom. The number of nitrogens with one attached hydrogen (secondary N) is 2. The zero-order chi connectivity index (χ0) is 17.5. The van der Waals surface area contributed by atoms with Crippen LogP contribution in [0.15, 0.2) is 48.5 Å². The van der Waals surface area contributed by atoms with Gasteiger partial charge in [-0.1, -0.05) is 24.3 Å². The predicted molar refractivity (Wildman–Crippen MR) is 96.3 cm³/mol. The highest BCUT2D eigenvalue weighted by Crippen LogP contribution is 2.16. The Balaban J connectivity index is 1.55. The molecule has 0 unspecified atom stereocenters. The fourth-order valence-corrected chi connectivity index (χ4v) is 2.69. The Labute approximate surface area is 147 Å². The first kappa shape index (κ1) is 17.0. The largest absolute Gasteiger partial charge is 0.379 e. The minimum atomic E-state index is -0.372. The van der Waals surface area contributed by atoms with Gasteiger partial charge in [0.1, 0.15) is 6.07 Å². The van der Waals surface area contributed by atoms with Gasteiger partial charge in [0.05, 0.1) is 24.5 Å². The first-order valence-electron chi connectivity index (χ1n) is 8.21. The van der Waals surface area contributed by atoms with E-state index in [4.69, 9.17) is 10.00 Å². The smallest absolute Gasteiger partial charge is 0.323 e. The summed E-state index contributed by atoms with van der Waals surface area (Å²) in [5.74, 6) is 0. The quantitative estimate of drug-likeness (QED) is 0.900. The van der Waals surface area contributed by atoms with Crippen LogP contribution in [0.1, 0.15) is 11.1 Å². The third kappa shape index (κ3) is 4.80. The van der Waals surface area contributed by atoms with Crippen molar-refractivity contribution in [3.05, 3.63) is 59.7 Å². The van der Waals surface area contributed by atoms with E-state index in [1.54, 1.807) is 24.3 Å². The molecule has 1 saturated heterocycles. The molecule has 0 saturated carbocycles. The van der Waals surface area contributed by atoms with E-state index in [2.05, 4.69) is 21.6 Å². The van der Waals surface area contributed by atoms with Crippen molar-refractivity contribution in [3.8, 4) is 6.07 Å². The minimum absolute atomic E-state index is 0.372. The standard InChI is InChI=1S/C19H20N4O2/c20-13-16-3-1-2-4-18(16)22-19(24)21-17-7-5-15(6-8-17)14-23-9-11-25-12-10-23/h1-8H,9-12,14H2,(H2,21,22,24). The van der Waals surface area contributed by atoms with Crippen molar-refractivity contribution in [2.45, 2.75) is 6.54 Å². The lowest BCUT2D eigenvalue weighted by atomic mass is 10.2. The molecule has 25 heavy (non-hydrogen) atoms. The molecule has 6 nitrogen and oxygen atoms in total. The van der Waals surface area contributed by atoms with Gasteiger partial charge in [0.15, 0.2) is 0 Å². The summed E-state index contributed by atoms with van der Waals surface area (Å²) in [6, 6.07) is 16.4. The van der Waals surface area contributed by atoms with Crippen LogP contribution in [-0.4, -0.2) is 37.2 Å². The Bertz CT molecular complexity index is 762. The van der Waals surface area contributed by atoms with Gasteiger partial charge in [0.25, 0.3) is 0 Å². The number of morpholine rings is 1. The molecule has 0 bridgehead atoms. The topological polar surface area (TPSA) is 77.4 Å². The van der Waals surface area contributed by atoms with Gasteiger partial charge in [-0.15, -0.1) is 0 Å². The van der Waals surface area contributed by atoms with Gasteiger partial charge in [-0.2, -0.15) is 5.26 Å². The number of hydrogen-bond acceptors (Lipinski definition) is 4. The van der Waals surface area contributed by atoms with Crippen molar-refractivity contribution in [3.63, 3.8) is 0 Å². The number of benzene rings is 2. The van der Waals surface area contributed by atoms with Crippen molar-refractivity contribution in [1.29, 1.82) is 5.26 Å². The summed E-state index contributed by atoms with van der Waals surface area (Å²) in [6.07, 6.45) is 0. The van der Waals surface area contributed by atoms with Crippen molar-refractivity contribution in [2.24, 2.45) is 0 Å². The molecular formula is C19H20N4O2. The number of urea groups is 1. The average molecular weight is 336 g/mol. The van der Waals surface area contributed by atoms with Crippen LogP contribution in [0.5, 0.6) is 0 Å². The number of nitriles is 1. The molecule has 2 aromatic carbocycles. The third-order valence-electron chi connectivity index (χ3n) is 4.02. The van der Waals surface area contributed by atoms with Gasteiger partial charge in [0, 0.05) is 25.3 Å². The summed E-state index contributed by atoms with van der Waals surface area (Å²) in [5.41, 5.74) is 2.82. The molecule has 0 aliphatic carbocycles. The predicted octanol–water partition coefficient (Wildman–Crippen LogP) is 3.03. The molecule has 2 amide bonds. The molecule has 1 aliphatic heterocycles. The van der Waals surface area contributed by atoms with Crippen LogP contribution < -0.4 is 10.6 Å².